The van der Waals surface area contributed by atoms with Gasteiger partial charge in [0.05, 0.1) is 6.54 Å². The number of likely N-dealkylation sites (N-methyl/N-ethyl adjacent to an activating group) is 1. The summed E-state index contributed by atoms with van der Waals surface area (Å²) in [5.41, 5.74) is 0. The Balaban J connectivity index is 0.00000144. The first-order chi connectivity index (χ1) is 7.81. The van der Waals surface area contributed by atoms with Crippen LogP contribution in [0.4, 0.5) is 0 Å². The molecular formula is C12H25IN4. The van der Waals surface area contributed by atoms with Crippen molar-refractivity contribution in [2.75, 3.05) is 39.8 Å². The van der Waals surface area contributed by atoms with E-state index in [4.69, 9.17) is 0 Å². The normalized spacial score (nSPS) is 24.7. The summed E-state index contributed by atoms with van der Waals surface area (Å²) in [6.45, 7) is 7.85. The Morgan fingerprint density at radius 3 is 2.88 bits per heavy atom. The van der Waals surface area contributed by atoms with E-state index in [9.17, 15) is 0 Å². The standard InChI is InChI=1S/C12H24N4.HI/c1-3-7-16-8-4-5-11(16)10-14-12-13-6-9-15(12)2;/h11H,3-10H2,1-2H3,(H,13,14);1H/t11-;/m0./s1. The summed E-state index contributed by atoms with van der Waals surface area (Å²) < 4.78 is 0. The quantitative estimate of drug-likeness (QED) is 0.776. The third-order valence-electron chi connectivity index (χ3n) is 3.56. The summed E-state index contributed by atoms with van der Waals surface area (Å²) in [6, 6.07) is 0.719. The second kappa shape index (κ2) is 7.41. The average Bonchev–Trinajstić information content (AvgIpc) is 2.86. The molecule has 0 radical (unpaired) electrons. The van der Waals surface area contributed by atoms with Gasteiger partial charge in [-0.25, -0.2) is 0 Å². The van der Waals surface area contributed by atoms with Crippen molar-refractivity contribution >= 4 is 29.9 Å². The zero-order valence-corrected chi connectivity index (χ0v) is 13.3. The number of hydrogen-bond donors (Lipinski definition) is 1. The van der Waals surface area contributed by atoms with Crippen molar-refractivity contribution in [3.63, 3.8) is 0 Å². The van der Waals surface area contributed by atoms with E-state index in [0.717, 1.165) is 31.6 Å². The van der Waals surface area contributed by atoms with Gasteiger partial charge in [0, 0.05) is 26.2 Å². The van der Waals surface area contributed by atoms with Crippen molar-refractivity contribution in [3.8, 4) is 0 Å². The molecular weight excluding hydrogens is 327 g/mol. The zero-order chi connectivity index (χ0) is 11.4. The predicted molar refractivity (Wildman–Crippen MR) is 83.2 cm³/mol. The molecule has 0 aliphatic carbocycles. The van der Waals surface area contributed by atoms with Gasteiger partial charge in [0.25, 0.3) is 0 Å². The maximum Gasteiger partial charge on any atom is 0.193 e. The van der Waals surface area contributed by atoms with Gasteiger partial charge in [-0.3, -0.25) is 9.89 Å². The molecule has 0 spiro atoms. The van der Waals surface area contributed by atoms with Crippen LogP contribution in [0, 0.1) is 0 Å². The maximum atomic E-state index is 4.46. The molecule has 2 rings (SSSR count). The smallest absolute Gasteiger partial charge is 0.193 e. The number of halogens is 1. The van der Waals surface area contributed by atoms with Gasteiger partial charge in [-0.15, -0.1) is 24.0 Å². The lowest BCUT2D eigenvalue weighted by molar-refractivity contribution is 0.253. The topological polar surface area (TPSA) is 30.9 Å². The lowest BCUT2D eigenvalue weighted by Crippen LogP contribution is -2.44. The molecule has 1 N–H and O–H groups in total. The van der Waals surface area contributed by atoms with Crippen molar-refractivity contribution in [1.29, 1.82) is 0 Å². The lowest BCUT2D eigenvalue weighted by Gasteiger charge is -2.25. The first-order valence-electron chi connectivity index (χ1n) is 6.54. The summed E-state index contributed by atoms with van der Waals surface area (Å²) >= 11 is 0. The van der Waals surface area contributed by atoms with E-state index in [2.05, 4.69) is 34.1 Å². The summed E-state index contributed by atoms with van der Waals surface area (Å²) in [6.07, 6.45) is 3.95. The monoisotopic (exact) mass is 352 g/mol. The number of nitrogens with zero attached hydrogens (tertiary/aromatic N) is 3. The molecule has 0 aromatic rings. The van der Waals surface area contributed by atoms with Gasteiger partial charge in [-0.2, -0.15) is 0 Å². The van der Waals surface area contributed by atoms with Crippen LogP contribution >= 0.6 is 24.0 Å². The van der Waals surface area contributed by atoms with Gasteiger partial charge < -0.3 is 10.2 Å². The Kier molecular flexibility index (Phi) is 6.54. The number of nitrogens with one attached hydrogen (secondary N) is 1. The van der Waals surface area contributed by atoms with Crippen molar-refractivity contribution in [2.24, 2.45) is 4.99 Å². The van der Waals surface area contributed by atoms with Gasteiger partial charge in [0.1, 0.15) is 0 Å². The number of aliphatic imine (C=N–C) groups is 1. The second-order valence-electron chi connectivity index (χ2n) is 4.84. The van der Waals surface area contributed by atoms with Crippen molar-refractivity contribution in [2.45, 2.75) is 32.2 Å². The lowest BCUT2D eigenvalue weighted by atomic mass is 10.2. The van der Waals surface area contributed by atoms with Gasteiger partial charge in [0.2, 0.25) is 0 Å². The second-order valence-corrected chi connectivity index (χ2v) is 4.84. The molecule has 0 bridgehead atoms. The van der Waals surface area contributed by atoms with Crippen LogP contribution in [-0.4, -0.2) is 61.6 Å². The number of hydrogen-bond acceptors (Lipinski definition) is 4. The fourth-order valence-electron chi connectivity index (χ4n) is 2.64. The van der Waals surface area contributed by atoms with Crippen LogP contribution in [0.15, 0.2) is 4.99 Å². The fourth-order valence-corrected chi connectivity index (χ4v) is 2.64. The Hall–Kier alpha value is -0.0400. The molecule has 1 saturated heterocycles. The van der Waals surface area contributed by atoms with Crippen LogP contribution < -0.4 is 5.32 Å². The van der Waals surface area contributed by atoms with Crippen LogP contribution in [0.1, 0.15) is 26.2 Å². The molecule has 100 valence electrons. The van der Waals surface area contributed by atoms with E-state index < -0.39 is 0 Å². The van der Waals surface area contributed by atoms with E-state index in [1.54, 1.807) is 0 Å². The first kappa shape index (κ1) is 15.0. The van der Waals surface area contributed by atoms with Gasteiger partial charge in [-0.1, -0.05) is 6.92 Å². The molecule has 0 unspecified atom stereocenters. The minimum absolute atomic E-state index is 0. The summed E-state index contributed by atoms with van der Waals surface area (Å²) in [5.74, 6) is 1.09. The number of likely N-dealkylation sites (tertiary alicyclic amines) is 1. The predicted octanol–water partition coefficient (Wildman–Crippen LogP) is 1.37. The van der Waals surface area contributed by atoms with E-state index in [1.807, 2.05) is 0 Å². The summed E-state index contributed by atoms with van der Waals surface area (Å²) in [5, 5.41) is 3.50. The molecule has 5 heteroatoms. The highest BCUT2D eigenvalue weighted by atomic mass is 127. The molecule has 0 saturated carbocycles. The maximum absolute atomic E-state index is 4.46. The zero-order valence-electron chi connectivity index (χ0n) is 11.0. The Morgan fingerprint density at radius 1 is 1.41 bits per heavy atom. The highest BCUT2D eigenvalue weighted by Crippen LogP contribution is 2.16. The Bertz CT molecular complexity index is 257. The fraction of sp³-hybridized carbons (Fsp3) is 0.917. The molecule has 4 nitrogen and oxygen atoms in total. The minimum atomic E-state index is 0. The van der Waals surface area contributed by atoms with Gasteiger partial charge >= 0.3 is 0 Å². The van der Waals surface area contributed by atoms with Crippen LogP contribution in [0.5, 0.6) is 0 Å². The molecule has 2 heterocycles. The number of guanidine groups is 1. The van der Waals surface area contributed by atoms with E-state index in [1.165, 1.54) is 32.4 Å². The Morgan fingerprint density at radius 2 is 2.24 bits per heavy atom. The Labute approximate surface area is 122 Å². The molecule has 1 fully saturated rings. The summed E-state index contributed by atoms with van der Waals surface area (Å²) in [7, 11) is 2.11. The van der Waals surface area contributed by atoms with E-state index in [0.29, 0.717) is 0 Å². The molecule has 0 aromatic carbocycles. The van der Waals surface area contributed by atoms with E-state index in [-0.39, 0.29) is 24.0 Å². The van der Waals surface area contributed by atoms with Crippen molar-refractivity contribution in [1.82, 2.24) is 15.1 Å². The van der Waals surface area contributed by atoms with Crippen molar-refractivity contribution < 1.29 is 0 Å². The molecule has 0 amide bonds. The van der Waals surface area contributed by atoms with Crippen LogP contribution in [0.3, 0.4) is 0 Å². The molecule has 0 aromatic heterocycles. The van der Waals surface area contributed by atoms with Crippen LogP contribution in [0.2, 0.25) is 0 Å². The highest BCUT2D eigenvalue weighted by molar-refractivity contribution is 14.0. The highest BCUT2D eigenvalue weighted by Gasteiger charge is 2.24. The molecule has 17 heavy (non-hydrogen) atoms. The van der Waals surface area contributed by atoms with Crippen molar-refractivity contribution in [3.05, 3.63) is 0 Å². The largest absolute Gasteiger partial charge is 0.355 e. The third-order valence-corrected chi connectivity index (χ3v) is 3.56. The van der Waals surface area contributed by atoms with Crippen LogP contribution in [-0.2, 0) is 0 Å². The average molecular weight is 352 g/mol. The molecule has 1 atom stereocenters. The molecule has 2 aliphatic rings. The first-order valence-corrected chi connectivity index (χ1v) is 6.54. The van der Waals surface area contributed by atoms with Gasteiger partial charge in [-0.05, 0) is 32.4 Å². The minimum Gasteiger partial charge on any atom is -0.355 e. The SMILES string of the molecule is CCCN1CCC[C@H]1CNC1=NCCN1C.I. The van der Waals surface area contributed by atoms with Gasteiger partial charge in [0.15, 0.2) is 5.96 Å². The van der Waals surface area contributed by atoms with Crippen LogP contribution in [0.25, 0.3) is 0 Å². The molecule has 2 aliphatic heterocycles. The third kappa shape index (κ3) is 3.98. The summed E-state index contributed by atoms with van der Waals surface area (Å²) in [4.78, 5) is 9.28. The van der Waals surface area contributed by atoms with E-state index >= 15 is 0 Å². The number of rotatable bonds is 4.